The largest absolute Gasteiger partial charge is 1.00 e. The summed E-state index contributed by atoms with van der Waals surface area (Å²) < 4.78 is 4.55. The Morgan fingerprint density at radius 3 is 2.48 bits per heavy atom. The van der Waals surface area contributed by atoms with Crippen molar-refractivity contribution in [2.75, 3.05) is 0 Å². The molecule has 0 atom stereocenters. The number of para-hydroxylation sites is 2. The van der Waals surface area contributed by atoms with E-state index in [4.69, 9.17) is 0 Å². The van der Waals surface area contributed by atoms with Crippen LogP contribution >= 0.6 is 11.8 Å². The number of allylic oxidation sites excluding steroid dienone is 1. The van der Waals surface area contributed by atoms with Crippen LogP contribution < -0.4 is 21.5 Å². The third kappa shape index (κ3) is 3.06. The summed E-state index contributed by atoms with van der Waals surface area (Å²) in [7, 11) is 2.12. The third-order valence-corrected chi connectivity index (χ3v) is 4.50. The normalized spacial score (nSPS) is 10.3. The van der Waals surface area contributed by atoms with Crippen LogP contribution in [0, 0.1) is 0 Å². The fourth-order valence-electron chi connectivity index (χ4n) is 2.39. The van der Waals surface area contributed by atoms with Crippen LogP contribution in [0.1, 0.15) is 0 Å². The first-order valence-corrected chi connectivity index (χ1v) is 7.44. The second-order valence-corrected chi connectivity index (χ2v) is 5.69. The van der Waals surface area contributed by atoms with Gasteiger partial charge in [-0.15, -0.1) is 0 Å². The molecule has 2 nitrogen and oxygen atoms in total. The summed E-state index contributed by atoms with van der Waals surface area (Å²) in [6.07, 6.45) is 1.95. The highest BCUT2D eigenvalue weighted by atomic mass is 79.9. The van der Waals surface area contributed by atoms with Crippen molar-refractivity contribution < 1.29 is 21.5 Å². The molecule has 0 aliphatic carbocycles. The van der Waals surface area contributed by atoms with E-state index in [1.807, 2.05) is 12.1 Å². The van der Waals surface area contributed by atoms with Gasteiger partial charge in [0.15, 0.2) is 11.0 Å². The van der Waals surface area contributed by atoms with Crippen molar-refractivity contribution in [1.82, 2.24) is 4.57 Å². The van der Waals surface area contributed by atoms with E-state index in [9.17, 15) is 0 Å². The van der Waals surface area contributed by atoms with Crippen molar-refractivity contribution in [2.45, 2.75) is 16.6 Å². The summed E-state index contributed by atoms with van der Waals surface area (Å²) in [6, 6.07) is 18.9. The quantitative estimate of drug-likeness (QED) is 0.494. The van der Waals surface area contributed by atoms with E-state index >= 15 is 0 Å². The van der Waals surface area contributed by atoms with E-state index in [0.717, 1.165) is 6.54 Å². The highest BCUT2D eigenvalue weighted by Gasteiger charge is 2.22. The van der Waals surface area contributed by atoms with Gasteiger partial charge in [-0.25, -0.2) is 9.13 Å². The number of hydrogen-bond donors (Lipinski definition) is 0. The molecule has 0 spiro atoms. The topological polar surface area (TPSA) is 8.81 Å². The van der Waals surface area contributed by atoms with Crippen LogP contribution in [-0.2, 0) is 13.6 Å². The Balaban J connectivity index is 0.00000161. The number of benzene rings is 2. The number of imidazole rings is 1. The zero-order valence-electron chi connectivity index (χ0n) is 11.9. The lowest BCUT2D eigenvalue weighted by atomic mass is 10.3. The van der Waals surface area contributed by atoms with Crippen molar-refractivity contribution in [3.05, 3.63) is 67.3 Å². The Morgan fingerprint density at radius 1 is 1.10 bits per heavy atom. The first kappa shape index (κ1) is 15.9. The number of fused-ring (bicyclic) bond motifs is 1. The number of nitrogens with zero attached hydrogens (tertiary/aromatic N) is 2. The molecule has 1 heterocycles. The average Bonchev–Trinajstić information content (AvgIpc) is 2.75. The molecule has 0 amide bonds. The standard InChI is InChI=1S/C17H17N2S.BrH/c1-3-13-19-16-12-8-7-11-15(16)18(2)17(19)20-14-9-5-4-6-10-14;/h3-12H,1,13H2,2H3;1H/q+1;/p-1. The van der Waals surface area contributed by atoms with Crippen molar-refractivity contribution in [1.29, 1.82) is 0 Å². The summed E-state index contributed by atoms with van der Waals surface area (Å²) in [5.41, 5.74) is 2.49. The molecule has 0 unspecified atom stereocenters. The zero-order valence-corrected chi connectivity index (χ0v) is 14.3. The van der Waals surface area contributed by atoms with E-state index in [0.29, 0.717) is 0 Å². The van der Waals surface area contributed by atoms with Gasteiger partial charge in [0.2, 0.25) is 0 Å². The molecule has 0 saturated heterocycles. The van der Waals surface area contributed by atoms with E-state index in [2.05, 4.69) is 71.3 Å². The summed E-state index contributed by atoms with van der Waals surface area (Å²) in [5, 5.41) is 1.22. The van der Waals surface area contributed by atoms with E-state index < -0.39 is 0 Å². The molecule has 21 heavy (non-hydrogen) atoms. The maximum absolute atomic E-state index is 3.88. The number of aromatic nitrogens is 2. The molecule has 0 aliphatic heterocycles. The predicted molar refractivity (Wildman–Crippen MR) is 83.9 cm³/mol. The molecule has 0 N–H and O–H groups in total. The molecule has 1 aromatic heterocycles. The molecule has 0 aliphatic rings. The van der Waals surface area contributed by atoms with Crippen molar-refractivity contribution in [2.24, 2.45) is 7.05 Å². The minimum Gasteiger partial charge on any atom is -1.00 e. The van der Waals surface area contributed by atoms with Crippen LogP contribution in [0.3, 0.4) is 0 Å². The molecule has 3 rings (SSSR count). The van der Waals surface area contributed by atoms with Crippen LogP contribution in [0.15, 0.2) is 77.3 Å². The van der Waals surface area contributed by atoms with Gasteiger partial charge in [0, 0.05) is 4.90 Å². The van der Waals surface area contributed by atoms with Gasteiger partial charge in [-0.3, -0.25) is 0 Å². The van der Waals surface area contributed by atoms with Crippen molar-refractivity contribution >= 4 is 22.8 Å². The molecule has 0 radical (unpaired) electrons. The number of rotatable bonds is 4. The SMILES string of the molecule is C=CCn1c(Sc2ccccc2)[n+](C)c2ccccc21.[Br-]. The lowest BCUT2D eigenvalue weighted by Gasteiger charge is -2.00. The number of aryl methyl sites for hydroxylation is 1. The second-order valence-electron chi connectivity index (χ2n) is 4.64. The van der Waals surface area contributed by atoms with Crippen molar-refractivity contribution in [3.63, 3.8) is 0 Å². The van der Waals surface area contributed by atoms with Gasteiger partial charge >= 0.3 is 5.16 Å². The molecule has 0 saturated carbocycles. The Kier molecular flexibility index (Phi) is 5.26. The first-order chi connectivity index (χ1) is 9.81. The van der Waals surface area contributed by atoms with E-state index in [1.54, 1.807) is 11.8 Å². The highest BCUT2D eigenvalue weighted by molar-refractivity contribution is 7.99. The van der Waals surface area contributed by atoms with Crippen LogP contribution in [0.5, 0.6) is 0 Å². The van der Waals surface area contributed by atoms with Crippen LogP contribution in [0.4, 0.5) is 0 Å². The Morgan fingerprint density at radius 2 is 1.76 bits per heavy atom. The highest BCUT2D eigenvalue weighted by Crippen LogP contribution is 2.28. The molecule has 0 bridgehead atoms. The number of hydrogen-bond acceptors (Lipinski definition) is 1. The molecule has 0 fully saturated rings. The molecule has 108 valence electrons. The van der Waals surface area contributed by atoms with E-state index in [-0.39, 0.29) is 17.0 Å². The fraction of sp³-hybridized carbons (Fsp3) is 0.118. The molecule has 2 aromatic carbocycles. The van der Waals surface area contributed by atoms with E-state index in [1.165, 1.54) is 21.1 Å². The third-order valence-electron chi connectivity index (χ3n) is 3.32. The number of halogens is 1. The van der Waals surface area contributed by atoms with Gasteiger partial charge in [-0.1, -0.05) is 43.0 Å². The summed E-state index contributed by atoms with van der Waals surface area (Å²) in [5.74, 6) is 0. The van der Waals surface area contributed by atoms with Gasteiger partial charge in [0.25, 0.3) is 0 Å². The lowest BCUT2D eigenvalue weighted by Crippen LogP contribution is -3.00. The molecular formula is C17H17BrN2S. The predicted octanol–water partition coefficient (Wildman–Crippen LogP) is 0.807. The maximum atomic E-state index is 3.88. The van der Waals surface area contributed by atoms with Gasteiger partial charge < -0.3 is 17.0 Å². The maximum Gasteiger partial charge on any atom is 0.323 e. The monoisotopic (exact) mass is 360 g/mol. The second kappa shape index (κ2) is 6.96. The average molecular weight is 361 g/mol. The Bertz CT molecular complexity index is 750. The summed E-state index contributed by atoms with van der Waals surface area (Å²) >= 11 is 1.78. The molecule has 3 aromatic rings. The minimum absolute atomic E-state index is 0. The van der Waals surface area contributed by atoms with Crippen LogP contribution in [0.2, 0.25) is 0 Å². The van der Waals surface area contributed by atoms with Gasteiger partial charge in [-0.2, -0.15) is 0 Å². The molecular weight excluding hydrogens is 344 g/mol. The van der Waals surface area contributed by atoms with Crippen LogP contribution in [0.25, 0.3) is 11.0 Å². The summed E-state index contributed by atoms with van der Waals surface area (Å²) in [4.78, 5) is 1.25. The first-order valence-electron chi connectivity index (χ1n) is 6.62. The smallest absolute Gasteiger partial charge is 0.323 e. The molecule has 4 heteroatoms. The lowest BCUT2D eigenvalue weighted by molar-refractivity contribution is -0.685. The van der Waals surface area contributed by atoms with Gasteiger partial charge in [-0.05, 0) is 36.0 Å². The van der Waals surface area contributed by atoms with Gasteiger partial charge in [0.05, 0.1) is 7.05 Å². The zero-order chi connectivity index (χ0) is 13.9. The summed E-state index contributed by atoms with van der Waals surface area (Å²) in [6.45, 7) is 4.70. The van der Waals surface area contributed by atoms with Crippen molar-refractivity contribution in [3.8, 4) is 0 Å². The van der Waals surface area contributed by atoms with Crippen LogP contribution in [-0.4, -0.2) is 4.57 Å². The minimum atomic E-state index is 0. The Labute approximate surface area is 139 Å². The fourth-order valence-corrected chi connectivity index (χ4v) is 3.41. The van der Waals surface area contributed by atoms with Gasteiger partial charge in [0.1, 0.15) is 6.54 Å². The Hall–Kier alpha value is -1.52.